The van der Waals surface area contributed by atoms with Crippen molar-refractivity contribution in [2.75, 3.05) is 27.9 Å². The van der Waals surface area contributed by atoms with Gasteiger partial charge in [0.2, 0.25) is 5.75 Å². The molecule has 36 heavy (non-hydrogen) atoms. The summed E-state index contributed by atoms with van der Waals surface area (Å²) in [5.41, 5.74) is 3.72. The highest BCUT2D eigenvalue weighted by Gasteiger charge is 2.20. The van der Waals surface area contributed by atoms with Gasteiger partial charge in [-0.1, -0.05) is 49.4 Å². The fourth-order valence-electron chi connectivity index (χ4n) is 3.94. The number of methoxy groups -OCH3 is 3. The zero-order valence-corrected chi connectivity index (χ0v) is 20.7. The number of pyridine rings is 1. The minimum Gasteiger partial charge on any atom is -0.493 e. The second kappa shape index (κ2) is 10.9. The Bertz CT molecular complexity index is 1390. The molecular weight excluding hydrogens is 458 g/mol. The lowest BCUT2D eigenvalue weighted by Crippen LogP contribution is -2.15. The number of hydrogen-bond donors (Lipinski definition) is 0. The number of benzene rings is 3. The van der Waals surface area contributed by atoms with Gasteiger partial charge in [-0.2, -0.15) is 0 Å². The van der Waals surface area contributed by atoms with Gasteiger partial charge in [0.05, 0.1) is 38.1 Å². The van der Waals surface area contributed by atoms with Crippen LogP contribution in [0.2, 0.25) is 0 Å². The predicted octanol–water partition coefficient (Wildman–Crippen LogP) is 5.53. The molecule has 4 aromatic rings. The van der Waals surface area contributed by atoms with Crippen molar-refractivity contribution in [2.45, 2.75) is 13.3 Å². The van der Waals surface area contributed by atoms with Crippen LogP contribution in [-0.2, 0) is 11.2 Å². The Morgan fingerprint density at radius 3 is 2.11 bits per heavy atom. The predicted molar refractivity (Wildman–Crippen MR) is 137 cm³/mol. The van der Waals surface area contributed by atoms with E-state index in [2.05, 4.69) is 0 Å². The van der Waals surface area contributed by atoms with E-state index in [1.807, 2.05) is 37.3 Å². The van der Waals surface area contributed by atoms with Crippen molar-refractivity contribution in [1.82, 2.24) is 4.98 Å². The highest BCUT2D eigenvalue weighted by molar-refractivity contribution is 6.06. The number of carbonyl (C=O) groups excluding carboxylic acids is 2. The van der Waals surface area contributed by atoms with Crippen LogP contribution < -0.4 is 14.2 Å². The average Bonchev–Trinajstić information content (AvgIpc) is 2.94. The van der Waals surface area contributed by atoms with E-state index >= 15 is 0 Å². The summed E-state index contributed by atoms with van der Waals surface area (Å²) in [7, 11) is 4.59. The number of Topliss-reactive ketones (excluding diaryl/α,β-unsaturated/α-hetero) is 1. The van der Waals surface area contributed by atoms with Gasteiger partial charge in [-0.15, -0.1) is 0 Å². The minimum absolute atomic E-state index is 0.269. The van der Waals surface area contributed by atoms with Crippen LogP contribution >= 0.6 is 0 Å². The molecule has 0 atom stereocenters. The first-order chi connectivity index (χ1) is 17.5. The lowest BCUT2D eigenvalue weighted by Gasteiger charge is -2.15. The van der Waals surface area contributed by atoms with E-state index in [4.69, 9.17) is 23.9 Å². The fraction of sp³-hybridized carbons (Fsp3) is 0.207. The molecule has 0 N–H and O–H groups in total. The number of esters is 1. The summed E-state index contributed by atoms with van der Waals surface area (Å²) in [6.45, 7) is 1.68. The third-order valence-corrected chi connectivity index (χ3v) is 5.92. The van der Waals surface area contributed by atoms with E-state index in [-0.39, 0.29) is 12.4 Å². The van der Waals surface area contributed by atoms with E-state index in [1.165, 1.54) is 21.3 Å². The number of fused-ring (bicyclic) bond motifs is 1. The Kier molecular flexibility index (Phi) is 7.49. The van der Waals surface area contributed by atoms with Gasteiger partial charge in [0.1, 0.15) is 0 Å². The van der Waals surface area contributed by atoms with E-state index < -0.39 is 5.97 Å². The van der Waals surface area contributed by atoms with Gasteiger partial charge in [-0.3, -0.25) is 4.79 Å². The first kappa shape index (κ1) is 24.7. The number of ether oxygens (including phenoxy) is 4. The molecule has 0 saturated carbocycles. The zero-order valence-electron chi connectivity index (χ0n) is 20.7. The summed E-state index contributed by atoms with van der Waals surface area (Å²) in [6, 6.07) is 19.7. The van der Waals surface area contributed by atoms with E-state index in [9.17, 15) is 9.59 Å². The monoisotopic (exact) mass is 485 g/mol. The van der Waals surface area contributed by atoms with Crippen LogP contribution in [-0.4, -0.2) is 44.7 Å². The normalized spacial score (nSPS) is 10.7. The van der Waals surface area contributed by atoms with Crippen molar-refractivity contribution in [3.8, 4) is 28.5 Å². The largest absolute Gasteiger partial charge is 0.493 e. The Hall–Kier alpha value is -4.39. The topological polar surface area (TPSA) is 84.0 Å². The molecule has 4 rings (SSSR count). The van der Waals surface area contributed by atoms with Gasteiger partial charge < -0.3 is 18.9 Å². The van der Waals surface area contributed by atoms with Crippen molar-refractivity contribution in [2.24, 2.45) is 0 Å². The van der Waals surface area contributed by atoms with Crippen molar-refractivity contribution < 1.29 is 28.5 Å². The molecule has 1 aromatic heterocycles. The van der Waals surface area contributed by atoms with Gasteiger partial charge in [0.15, 0.2) is 23.9 Å². The van der Waals surface area contributed by atoms with Crippen molar-refractivity contribution >= 4 is 22.7 Å². The number of para-hydroxylation sites is 1. The van der Waals surface area contributed by atoms with Crippen LogP contribution in [0.3, 0.4) is 0 Å². The second-order valence-corrected chi connectivity index (χ2v) is 8.04. The van der Waals surface area contributed by atoms with Crippen molar-refractivity contribution in [3.63, 3.8) is 0 Å². The molecule has 1 heterocycles. The van der Waals surface area contributed by atoms with Gasteiger partial charge >= 0.3 is 5.97 Å². The van der Waals surface area contributed by atoms with Crippen molar-refractivity contribution in [3.05, 3.63) is 83.4 Å². The van der Waals surface area contributed by atoms with Crippen LogP contribution in [0.15, 0.2) is 66.7 Å². The minimum atomic E-state index is -0.610. The summed E-state index contributed by atoms with van der Waals surface area (Å²) < 4.78 is 21.8. The molecule has 184 valence electrons. The molecular formula is C29H27NO6. The SMILES string of the molecule is CCc1ccc(C(=O)COC(=O)c2cc(-c3cc(OC)c(OC)c(OC)c3)nc3ccccc23)cc1. The molecule has 0 aliphatic heterocycles. The highest BCUT2D eigenvalue weighted by Crippen LogP contribution is 2.41. The Morgan fingerprint density at radius 1 is 0.833 bits per heavy atom. The number of aromatic nitrogens is 1. The van der Waals surface area contributed by atoms with Gasteiger partial charge in [0, 0.05) is 16.5 Å². The van der Waals surface area contributed by atoms with Crippen LogP contribution in [0.5, 0.6) is 17.2 Å². The molecule has 7 nitrogen and oxygen atoms in total. The molecule has 3 aromatic carbocycles. The highest BCUT2D eigenvalue weighted by atomic mass is 16.5. The second-order valence-electron chi connectivity index (χ2n) is 8.04. The first-order valence-corrected chi connectivity index (χ1v) is 11.5. The van der Waals surface area contributed by atoms with Crippen molar-refractivity contribution in [1.29, 1.82) is 0 Å². The standard InChI is InChI=1S/C29H27NO6/c1-5-18-10-12-19(13-11-18)25(31)17-36-29(32)22-16-24(30-23-9-7-6-8-21(22)23)20-14-26(33-2)28(35-4)27(15-20)34-3/h6-16H,5,17H2,1-4H3. The Morgan fingerprint density at radius 2 is 1.50 bits per heavy atom. The first-order valence-electron chi connectivity index (χ1n) is 11.5. The molecule has 0 fully saturated rings. The van der Waals surface area contributed by atoms with E-state index in [0.717, 1.165) is 12.0 Å². The average molecular weight is 486 g/mol. The third-order valence-electron chi connectivity index (χ3n) is 5.92. The molecule has 7 heteroatoms. The molecule has 0 saturated heterocycles. The molecule has 0 aliphatic carbocycles. The fourth-order valence-corrected chi connectivity index (χ4v) is 3.94. The number of ketones is 1. The number of nitrogens with zero attached hydrogens (tertiary/aromatic N) is 1. The molecule has 0 radical (unpaired) electrons. The molecule has 0 amide bonds. The smallest absolute Gasteiger partial charge is 0.339 e. The van der Waals surface area contributed by atoms with Crippen LogP contribution in [0.1, 0.15) is 33.2 Å². The van der Waals surface area contributed by atoms with Crippen LogP contribution in [0, 0.1) is 0 Å². The number of hydrogen-bond acceptors (Lipinski definition) is 7. The maximum absolute atomic E-state index is 13.2. The molecule has 0 unspecified atom stereocenters. The Balaban J connectivity index is 1.68. The Labute approximate surface area is 209 Å². The van der Waals surface area contributed by atoms with Gasteiger partial charge in [-0.25, -0.2) is 9.78 Å². The maximum atomic E-state index is 13.2. The zero-order chi connectivity index (χ0) is 25.7. The summed E-state index contributed by atoms with van der Waals surface area (Å²) in [5.74, 6) is 0.501. The maximum Gasteiger partial charge on any atom is 0.339 e. The quantitative estimate of drug-likeness (QED) is 0.228. The molecule has 0 spiro atoms. The lowest BCUT2D eigenvalue weighted by molar-refractivity contribution is 0.0476. The number of aryl methyl sites for hydroxylation is 1. The number of rotatable bonds is 9. The van der Waals surface area contributed by atoms with Gasteiger partial charge in [0.25, 0.3) is 0 Å². The summed E-state index contributed by atoms with van der Waals surface area (Å²) in [6.07, 6.45) is 0.882. The number of carbonyl (C=O) groups is 2. The van der Waals surface area contributed by atoms with E-state index in [1.54, 1.807) is 36.4 Å². The van der Waals surface area contributed by atoms with Crippen LogP contribution in [0.4, 0.5) is 0 Å². The summed E-state index contributed by atoms with van der Waals surface area (Å²) >= 11 is 0. The lowest BCUT2D eigenvalue weighted by atomic mass is 10.0. The summed E-state index contributed by atoms with van der Waals surface area (Å²) in [5, 5.41) is 0.624. The van der Waals surface area contributed by atoms with E-state index in [0.29, 0.717) is 50.5 Å². The van der Waals surface area contributed by atoms with Gasteiger partial charge in [-0.05, 0) is 36.2 Å². The molecule has 0 aliphatic rings. The van der Waals surface area contributed by atoms with Crippen LogP contribution in [0.25, 0.3) is 22.2 Å². The third kappa shape index (κ3) is 5.00. The summed E-state index contributed by atoms with van der Waals surface area (Å²) in [4.78, 5) is 30.5. The molecule has 0 bridgehead atoms.